The molecule has 0 bridgehead atoms. The maximum absolute atomic E-state index is 6.56. The molecular weight excluding hydrogens is 921 g/mol. The zero-order valence-corrected chi connectivity index (χ0v) is 41.4. The largest absolute Gasteiger partial charge is 0.455 e. The lowest BCUT2D eigenvalue weighted by Crippen LogP contribution is -2.29. The molecule has 3 heteroatoms. The van der Waals surface area contributed by atoms with Gasteiger partial charge in [0.25, 0.3) is 0 Å². The minimum absolute atomic E-state index is 0.610. The maximum Gasteiger partial charge on any atom is 0.143 e. The first-order valence-electron chi connectivity index (χ1n) is 26.2. The van der Waals surface area contributed by atoms with Gasteiger partial charge in [-0.3, -0.25) is 0 Å². The van der Waals surface area contributed by atoms with Gasteiger partial charge in [0.1, 0.15) is 11.2 Å². The third-order valence-electron chi connectivity index (χ3n) is 16.4. The number of furan rings is 1. The third kappa shape index (κ3) is 6.11. The van der Waals surface area contributed by atoms with Crippen molar-refractivity contribution in [2.45, 2.75) is 5.41 Å². The quantitative estimate of drug-likeness (QED) is 0.166. The number of benzene rings is 12. The first kappa shape index (κ1) is 42.5. The number of hydrogen-bond acceptors (Lipinski definition) is 2. The molecule has 2 aromatic heterocycles. The number of aromatic nitrogens is 1. The molecule has 0 amide bonds. The van der Waals surface area contributed by atoms with Crippen LogP contribution in [-0.4, -0.2) is 4.57 Å². The van der Waals surface area contributed by atoms with Crippen molar-refractivity contribution in [3.63, 3.8) is 0 Å². The van der Waals surface area contributed by atoms with Gasteiger partial charge in [-0.25, -0.2) is 0 Å². The summed E-state index contributed by atoms with van der Waals surface area (Å²) in [6.07, 6.45) is 0. The Balaban J connectivity index is 0.885. The molecule has 0 atom stereocenters. The first-order chi connectivity index (χ1) is 37.7. The molecule has 0 aliphatic heterocycles. The average Bonchev–Trinajstić information content (AvgIpc) is 4.17. The highest BCUT2D eigenvalue weighted by molar-refractivity contribution is 6.11. The molecule has 0 radical (unpaired) electrons. The van der Waals surface area contributed by atoms with Crippen LogP contribution in [0, 0.1) is 0 Å². The Morgan fingerprint density at radius 1 is 0.289 bits per heavy atom. The molecule has 354 valence electrons. The van der Waals surface area contributed by atoms with Crippen LogP contribution in [0.15, 0.2) is 283 Å². The van der Waals surface area contributed by atoms with E-state index in [2.05, 4.69) is 282 Å². The summed E-state index contributed by atoms with van der Waals surface area (Å²) in [5, 5.41) is 4.73. The number of rotatable bonds is 6. The number of hydrogen-bond donors (Lipinski definition) is 0. The minimum atomic E-state index is -0.610. The van der Waals surface area contributed by atoms with Gasteiger partial charge in [-0.15, -0.1) is 0 Å². The minimum Gasteiger partial charge on any atom is -0.455 e. The molecule has 0 unspecified atom stereocenters. The van der Waals surface area contributed by atoms with E-state index in [1.165, 1.54) is 83.0 Å². The monoisotopic (exact) mass is 966 g/mol. The van der Waals surface area contributed by atoms with Crippen molar-refractivity contribution in [1.29, 1.82) is 0 Å². The van der Waals surface area contributed by atoms with E-state index in [1.807, 2.05) is 6.07 Å². The Morgan fingerprint density at radius 3 is 1.46 bits per heavy atom. The Labute approximate surface area is 440 Å². The van der Waals surface area contributed by atoms with Gasteiger partial charge in [-0.1, -0.05) is 206 Å². The van der Waals surface area contributed by atoms with E-state index in [0.29, 0.717) is 0 Å². The molecular formula is C73H46N2O. The predicted molar refractivity (Wildman–Crippen MR) is 315 cm³/mol. The van der Waals surface area contributed by atoms with Crippen LogP contribution in [0.1, 0.15) is 22.3 Å². The lowest BCUT2D eigenvalue weighted by Gasteiger charge is -2.36. The van der Waals surface area contributed by atoms with Crippen molar-refractivity contribution >= 4 is 60.8 Å². The van der Waals surface area contributed by atoms with Crippen molar-refractivity contribution in [3.05, 3.63) is 301 Å². The van der Waals surface area contributed by atoms with Gasteiger partial charge < -0.3 is 13.9 Å². The van der Waals surface area contributed by atoms with Crippen molar-refractivity contribution < 1.29 is 4.42 Å². The van der Waals surface area contributed by atoms with Crippen LogP contribution in [0.4, 0.5) is 17.1 Å². The van der Waals surface area contributed by atoms with Gasteiger partial charge in [0.2, 0.25) is 0 Å². The summed E-state index contributed by atoms with van der Waals surface area (Å²) >= 11 is 0. The Hall–Kier alpha value is -9.96. The standard InChI is InChI=1S/C73H46N2O/c1-2-17-50(18-3-1)75-69-31-14-9-24-61(69)64-45-49(37-44-70(64)75)47-33-38-51(39-34-47)74(52-40-35-48(36-41-52)54-26-16-27-63-62-25-10-15-32-71(62)76-72(54)63)53-42-43-60-59-23-8-13-30-67(59)73(68(60)46-53)65-28-11-6-21-57(65)55-19-4-5-20-56(55)58-22-7-12-29-66(58)73/h1-46H. The van der Waals surface area contributed by atoms with Crippen LogP contribution >= 0.6 is 0 Å². The maximum atomic E-state index is 6.56. The van der Waals surface area contributed by atoms with Crippen LogP contribution in [0.5, 0.6) is 0 Å². The van der Waals surface area contributed by atoms with E-state index >= 15 is 0 Å². The van der Waals surface area contributed by atoms with E-state index < -0.39 is 5.41 Å². The second-order valence-corrected chi connectivity index (χ2v) is 20.3. The Kier molecular flexibility index (Phi) is 9.25. The highest BCUT2D eigenvalue weighted by atomic mass is 16.3. The predicted octanol–water partition coefficient (Wildman–Crippen LogP) is 19.5. The molecule has 0 fully saturated rings. The zero-order chi connectivity index (χ0) is 49.9. The topological polar surface area (TPSA) is 21.3 Å². The Bertz CT molecular complexity index is 4570. The van der Waals surface area contributed by atoms with Gasteiger partial charge in [0.15, 0.2) is 0 Å². The molecule has 12 aromatic carbocycles. The molecule has 0 N–H and O–H groups in total. The van der Waals surface area contributed by atoms with Gasteiger partial charge in [-0.2, -0.15) is 0 Å². The fraction of sp³-hybridized carbons (Fsp3) is 0.0137. The smallest absolute Gasteiger partial charge is 0.143 e. The zero-order valence-electron chi connectivity index (χ0n) is 41.4. The molecule has 0 saturated carbocycles. The normalized spacial score (nSPS) is 12.8. The van der Waals surface area contributed by atoms with Gasteiger partial charge in [-0.05, 0) is 145 Å². The average molecular weight is 967 g/mol. The van der Waals surface area contributed by atoms with Crippen LogP contribution in [0.2, 0.25) is 0 Å². The number of para-hydroxylation sites is 4. The molecule has 16 rings (SSSR count). The molecule has 2 heterocycles. The van der Waals surface area contributed by atoms with E-state index in [-0.39, 0.29) is 0 Å². The van der Waals surface area contributed by atoms with Crippen molar-refractivity contribution in [3.8, 4) is 61.3 Å². The molecule has 1 spiro atoms. The summed E-state index contributed by atoms with van der Waals surface area (Å²) in [7, 11) is 0. The first-order valence-corrected chi connectivity index (χ1v) is 26.2. The fourth-order valence-electron chi connectivity index (χ4n) is 13.2. The molecule has 2 aliphatic rings. The lowest BCUT2D eigenvalue weighted by atomic mass is 9.66. The fourth-order valence-corrected chi connectivity index (χ4v) is 13.2. The third-order valence-corrected chi connectivity index (χ3v) is 16.4. The highest BCUT2D eigenvalue weighted by Crippen LogP contribution is 2.62. The summed E-state index contributed by atoms with van der Waals surface area (Å²) in [5.74, 6) is 0. The van der Waals surface area contributed by atoms with Crippen molar-refractivity contribution in [2.24, 2.45) is 0 Å². The molecule has 0 saturated heterocycles. The molecule has 2 aliphatic carbocycles. The van der Waals surface area contributed by atoms with Gasteiger partial charge >= 0.3 is 0 Å². The number of anilines is 3. The summed E-state index contributed by atoms with van der Waals surface area (Å²) in [6.45, 7) is 0. The van der Waals surface area contributed by atoms with Crippen LogP contribution < -0.4 is 4.90 Å². The highest BCUT2D eigenvalue weighted by Gasteiger charge is 2.50. The van der Waals surface area contributed by atoms with Crippen molar-refractivity contribution in [1.82, 2.24) is 4.57 Å². The summed E-state index contributed by atoms with van der Waals surface area (Å²) < 4.78 is 8.94. The van der Waals surface area contributed by atoms with E-state index in [9.17, 15) is 0 Å². The SMILES string of the molecule is c1ccc(-n2c3ccccc3c3cc(-c4ccc(N(c5ccc(-c6cccc7c6oc6ccccc67)cc5)c5ccc6c(c5)C5(c7ccccc7-c7ccccc7-c7ccccc75)c5ccccc5-6)cc4)ccc32)cc1. The summed E-state index contributed by atoms with van der Waals surface area (Å²) in [5.41, 5.74) is 25.2. The summed E-state index contributed by atoms with van der Waals surface area (Å²) in [6, 6.07) is 103. The second kappa shape index (κ2) is 16.5. The van der Waals surface area contributed by atoms with Crippen LogP contribution in [-0.2, 0) is 5.41 Å². The molecule has 14 aromatic rings. The molecule has 76 heavy (non-hydrogen) atoms. The van der Waals surface area contributed by atoms with E-state index in [4.69, 9.17) is 4.42 Å². The lowest BCUT2D eigenvalue weighted by molar-refractivity contribution is 0.670. The second-order valence-electron chi connectivity index (χ2n) is 20.3. The van der Waals surface area contributed by atoms with Gasteiger partial charge in [0.05, 0.1) is 16.4 Å². The number of nitrogens with zero attached hydrogens (tertiary/aromatic N) is 2. The Morgan fingerprint density at radius 2 is 0.776 bits per heavy atom. The molecule has 3 nitrogen and oxygen atoms in total. The van der Waals surface area contributed by atoms with Crippen LogP contribution in [0.3, 0.4) is 0 Å². The summed E-state index contributed by atoms with van der Waals surface area (Å²) in [4.78, 5) is 2.44. The van der Waals surface area contributed by atoms with Crippen molar-refractivity contribution in [2.75, 3.05) is 4.90 Å². The van der Waals surface area contributed by atoms with E-state index in [1.54, 1.807) is 0 Å². The van der Waals surface area contributed by atoms with E-state index in [0.717, 1.165) is 61.4 Å². The van der Waals surface area contributed by atoms with Gasteiger partial charge in [0, 0.05) is 49.9 Å². The number of fused-ring (bicyclic) bond motifs is 18. The van der Waals surface area contributed by atoms with Crippen LogP contribution in [0.25, 0.3) is 105 Å².